The highest BCUT2D eigenvalue weighted by Gasteiger charge is 2.43. The van der Waals surface area contributed by atoms with E-state index in [1.165, 1.54) is 11.7 Å². The predicted molar refractivity (Wildman–Crippen MR) is 139 cm³/mol. The monoisotopic (exact) mass is 577 g/mol. The lowest BCUT2D eigenvalue weighted by atomic mass is 9.99. The first-order chi connectivity index (χ1) is 19.0. The fourth-order valence-corrected chi connectivity index (χ4v) is 4.54. The Bertz CT molecular complexity index is 1400. The molecule has 2 heterocycles. The average Bonchev–Trinajstić information content (AvgIpc) is 3.21. The van der Waals surface area contributed by atoms with Gasteiger partial charge in [0.25, 0.3) is 5.91 Å². The minimum Gasteiger partial charge on any atom is -0.497 e. The molecule has 214 valence electrons. The molecule has 0 amide bonds. The van der Waals surface area contributed by atoms with Crippen molar-refractivity contribution >= 4 is 40.3 Å². The highest BCUT2D eigenvalue weighted by molar-refractivity contribution is 6.30. The number of nitrogens with zero attached hydrogens (tertiary/aromatic N) is 1. The molecule has 4 N–H and O–H groups in total. The molecule has 5 atom stereocenters. The quantitative estimate of drug-likeness (QED) is 0.278. The first-order valence-corrected chi connectivity index (χ1v) is 12.6. The summed E-state index contributed by atoms with van der Waals surface area (Å²) in [7, 11) is 1.49. The zero-order valence-electron chi connectivity index (χ0n) is 21.5. The van der Waals surface area contributed by atoms with Gasteiger partial charge in [-0.3, -0.25) is 14.2 Å². The molecule has 1 aromatic heterocycles. The van der Waals surface area contributed by atoms with Crippen molar-refractivity contribution < 1.29 is 53.8 Å². The highest BCUT2D eigenvalue weighted by Crippen LogP contribution is 2.31. The van der Waals surface area contributed by atoms with Crippen LogP contribution in [-0.4, -0.2) is 93.9 Å². The molecule has 0 spiro atoms. The van der Waals surface area contributed by atoms with Crippen molar-refractivity contribution in [3.8, 4) is 5.75 Å². The van der Waals surface area contributed by atoms with Crippen LogP contribution in [0.4, 0.5) is 0 Å². The van der Waals surface area contributed by atoms with Crippen LogP contribution in [-0.2, 0) is 30.2 Å². The number of esters is 2. The molecule has 3 aromatic rings. The van der Waals surface area contributed by atoms with Crippen LogP contribution in [0.2, 0.25) is 5.02 Å². The van der Waals surface area contributed by atoms with Crippen molar-refractivity contribution in [2.75, 3.05) is 20.3 Å². The second-order valence-electron chi connectivity index (χ2n) is 9.15. The molecule has 0 aliphatic carbocycles. The van der Waals surface area contributed by atoms with E-state index in [9.17, 15) is 34.8 Å². The molecule has 0 unspecified atom stereocenters. The van der Waals surface area contributed by atoms with Gasteiger partial charge in [0.05, 0.1) is 19.0 Å². The maximum atomic E-state index is 13.4. The van der Waals surface area contributed by atoms with Crippen LogP contribution in [0.15, 0.2) is 42.5 Å². The molecule has 1 aliphatic rings. The first-order valence-electron chi connectivity index (χ1n) is 12.2. The molecule has 12 nitrogen and oxygen atoms in total. The Labute approximate surface area is 233 Å². The Kier molecular flexibility index (Phi) is 9.08. The Morgan fingerprint density at radius 2 is 1.65 bits per heavy atom. The molecule has 13 heteroatoms. The van der Waals surface area contributed by atoms with Gasteiger partial charge in [0.15, 0.2) is 12.9 Å². The van der Waals surface area contributed by atoms with Gasteiger partial charge >= 0.3 is 11.9 Å². The van der Waals surface area contributed by atoms with Crippen LogP contribution in [0.5, 0.6) is 5.75 Å². The van der Waals surface area contributed by atoms with Gasteiger partial charge < -0.3 is 39.4 Å². The number of hydrogen-bond donors (Lipinski definition) is 4. The summed E-state index contributed by atoms with van der Waals surface area (Å²) in [5, 5.41) is 39.8. The molecule has 1 fully saturated rings. The fraction of sp³-hybridized carbons (Fsp3) is 0.370. The van der Waals surface area contributed by atoms with Crippen molar-refractivity contribution in [2.24, 2.45) is 0 Å². The third kappa shape index (κ3) is 6.12. The van der Waals surface area contributed by atoms with Gasteiger partial charge in [0.1, 0.15) is 36.8 Å². The highest BCUT2D eigenvalue weighted by atomic mass is 35.5. The molecule has 0 radical (unpaired) electrons. The number of hydrogen-bond acceptors (Lipinski definition) is 11. The maximum Gasteiger partial charge on any atom is 0.344 e. The number of halogens is 1. The van der Waals surface area contributed by atoms with E-state index in [2.05, 4.69) is 0 Å². The van der Waals surface area contributed by atoms with Crippen LogP contribution < -0.4 is 4.74 Å². The molecule has 40 heavy (non-hydrogen) atoms. The molecule has 4 rings (SSSR count). The Morgan fingerprint density at radius 3 is 2.33 bits per heavy atom. The summed E-state index contributed by atoms with van der Waals surface area (Å²) in [6.07, 6.45) is -8.42. The van der Waals surface area contributed by atoms with Gasteiger partial charge in [-0.15, -0.1) is 0 Å². The third-order valence-electron chi connectivity index (χ3n) is 6.60. The van der Waals surface area contributed by atoms with Crippen LogP contribution in [0.25, 0.3) is 10.9 Å². The van der Waals surface area contributed by atoms with Crippen LogP contribution in [0.1, 0.15) is 21.6 Å². The van der Waals surface area contributed by atoms with Gasteiger partial charge in [-0.2, -0.15) is 0 Å². The number of rotatable bonds is 8. The van der Waals surface area contributed by atoms with Gasteiger partial charge in [0, 0.05) is 21.7 Å². The first kappa shape index (κ1) is 29.5. The third-order valence-corrected chi connectivity index (χ3v) is 6.86. The number of aliphatic hydroxyl groups is 4. The summed E-state index contributed by atoms with van der Waals surface area (Å²) >= 11 is 5.96. The normalized spacial score (nSPS) is 22.6. The van der Waals surface area contributed by atoms with Crippen molar-refractivity contribution in [2.45, 2.75) is 44.1 Å². The number of carbonyl (C=O) groups is 3. The Balaban J connectivity index is 1.45. The smallest absolute Gasteiger partial charge is 0.344 e. The van der Waals surface area contributed by atoms with Crippen molar-refractivity contribution in [3.05, 3.63) is 64.3 Å². The van der Waals surface area contributed by atoms with Crippen LogP contribution in [0, 0.1) is 6.92 Å². The lowest BCUT2D eigenvalue weighted by molar-refractivity contribution is -0.287. The van der Waals surface area contributed by atoms with Gasteiger partial charge in [-0.05, 0) is 55.0 Å². The van der Waals surface area contributed by atoms with E-state index in [4.69, 9.17) is 30.5 Å². The van der Waals surface area contributed by atoms with E-state index < -0.39 is 55.9 Å². The zero-order valence-corrected chi connectivity index (χ0v) is 22.3. The van der Waals surface area contributed by atoms with Crippen molar-refractivity contribution in [1.29, 1.82) is 0 Å². The van der Waals surface area contributed by atoms with E-state index in [1.807, 2.05) is 0 Å². The largest absolute Gasteiger partial charge is 0.497 e. The summed E-state index contributed by atoms with van der Waals surface area (Å²) < 4.78 is 21.7. The number of carbonyl (C=O) groups excluding carboxylic acids is 3. The van der Waals surface area contributed by atoms with Gasteiger partial charge in [-0.1, -0.05) is 11.6 Å². The topological polar surface area (TPSA) is 174 Å². The summed E-state index contributed by atoms with van der Waals surface area (Å²) in [6, 6.07) is 11.5. The molecule has 1 aliphatic heterocycles. The minimum atomic E-state index is -1.78. The van der Waals surface area contributed by atoms with E-state index in [0.29, 0.717) is 38.5 Å². The van der Waals surface area contributed by atoms with Crippen molar-refractivity contribution in [1.82, 2.24) is 4.57 Å². The lowest BCUT2D eigenvalue weighted by Crippen LogP contribution is -2.58. The predicted octanol–water partition coefficient (Wildman–Crippen LogP) is 0.729. The van der Waals surface area contributed by atoms with Gasteiger partial charge in [-0.25, -0.2) is 4.79 Å². The van der Waals surface area contributed by atoms with E-state index in [0.717, 1.165) is 0 Å². The lowest BCUT2D eigenvalue weighted by Gasteiger charge is -2.37. The molecular weight excluding hydrogens is 550 g/mol. The van der Waals surface area contributed by atoms with E-state index in [-0.39, 0.29) is 12.3 Å². The number of aliphatic hydroxyl groups excluding tert-OH is 4. The second-order valence-corrected chi connectivity index (χ2v) is 9.59. The molecule has 1 saturated heterocycles. The molecule has 0 saturated carbocycles. The summed E-state index contributed by atoms with van der Waals surface area (Å²) in [6.45, 7) is 0.351. The van der Waals surface area contributed by atoms with Crippen LogP contribution >= 0.6 is 11.6 Å². The fourth-order valence-electron chi connectivity index (χ4n) is 4.42. The summed E-state index contributed by atoms with van der Waals surface area (Å²) in [5.74, 6) is -1.57. The standard InChI is InChI=1S/C27H28ClNO11/c1-13-17(10-21(30)39-12-22(31)38-11-20-23(32)24(33)25(34)27(36)40-20)18-9-16(37-2)7-8-19(18)29(13)26(35)14-3-5-15(28)6-4-14/h3-9,20,23-25,27,32-34,36H,10-12H2,1-2H3/t20-,23-,24+,25-,27-/m1/s1. The van der Waals surface area contributed by atoms with E-state index >= 15 is 0 Å². The average molecular weight is 578 g/mol. The minimum absolute atomic E-state index is 0.273. The number of methoxy groups -OCH3 is 1. The van der Waals surface area contributed by atoms with Gasteiger partial charge in [0.2, 0.25) is 0 Å². The zero-order chi connectivity index (χ0) is 29.1. The number of ether oxygens (including phenoxy) is 4. The van der Waals surface area contributed by atoms with Crippen LogP contribution in [0.3, 0.4) is 0 Å². The molecule has 2 aromatic carbocycles. The number of aromatic nitrogens is 1. The SMILES string of the molecule is COc1ccc2c(c1)c(CC(=O)OCC(=O)OC[C@H]1O[C@@H](O)[C@H](O)[C@@H](O)[C@@H]1O)c(C)n2C(=O)c1ccc(Cl)cc1. The Morgan fingerprint density at radius 1 is 0.950 bits per heavy atom. The van der Waals surface area contributed by atoms with Crippen molar-refractivity contribution in [3.63, 3.8) is 0 Å². The number of fused-ring (bicyclic) bond motifs is 1. The summed E-state index contributed by atoms with van der Waals surface area (Å²) in [4.78, 5) is 38.2. The summed E-state index contributed by atoms with van der Waals surface area (Å²) in [5.41, 5.74) is 1.92. The van der Waals surface area contributed by atoms with E-state index in [1.54, 1.807) is 49.4 Å². The maximum absolute atomic E-state index is 13.4. The number of benzene rings is 2. The molecular formula is C27H28ClNO11. The Hall–Kier alpha value is -3.52. The second kappa shape index (κ2) is 12.3. The molecule has 0 bridgehead atoms.